The van der Waals surface area contributed by atoms with Crippen LogP contribution in [0.15, 0.2) is 461 Å². The van der Waals surface area contributed by atoms with Gasteiger partial charge in [-0.3, -0.25) is 4.79 Å². The number of aromatic nitrogens is 6. The number of morpholine rings is 2. The number of rotatable bonds is 19. The van der Waals surface area contributed by atoms with Crippen LogP contribution < -0.4 is 187 Å². The number of hydrogen-bond donors (Lipinski definition) is 0. The van der Waals surface area contributed by atoms with Crippen LogP contribution in [-0.2, 0) is 61.7 Å². The Morgan fingerprint density at radius 1 is 0.347 bits per heavy atom. The molecule has 3 fully saturated rings. The molecule has 0 unspecified atom stereocenters. The zero-order valence-corrected chi connectivity index (χ0v) is 100. The molecule has 28 heteroatoms. The van der Waals surface area contributed by atoms with Crippen molar-refractivity contribution in [2.24, 2.45) is 0 Å². The molecule has 0 bridgehead atoms. The Morgan fingerprint density at radius 2 is 0.599 bits per heavy atom. The van der Waals surface area contributed by atoms with Gasteiger partial charge in [-0.25, -0.2) is 9.97 Å². The van der Waals surface area contributed by atoms with E-state index in [2.05, 4.69) is 559 Å². The van der Waals surface area contributed by atoms with E-state index in [0.29, 0.717) is 0 Å². The fraction of sp³-hybridized carbons (Fsp3) is 0.134. The molecule has 23 rings (SSSR count). The molecule has 18 aromatic rings. The molecule has 0 atom stereocenters. The Balaban J connectivity index is 0.000000155. The molecule has 14 aromatic carbocycles. The van der Waals surface area contributed by atoms with Crippen LogP contribution in [0.25, 0.3) is 21.7 Å². The zero-order chi connectivity index (χ0) is 99.5. The molecule has 734 valence electrons. The van der Waals surface area contributed by atoms with Gasteiger partial charge in [-0.1, -0.05) is 441 Å². The third-order valence-electron chi connectivity index (χ3n) is 24.3. The van der Waals surface area contributed by atoms with Crippen LogP contribution in [-0.4, -0.2) is 108 Å². The molecule has 5 aliphatic rings. The fourth-order valence-electron chi connectivity index (χ4n) is 16.7. The second-order valence-electron chi connectivity index (χ2n) is 34.2. The van der Waals surface area contributed by atoms with Crippen LogP contribution in [0.5, 0.6) is 0 Å². The van der Waals surface area contributed by atoms with Crippen molar-refractivity contribution in [1.82, 2.24) is 30.4 Å². The van der Waals surface area contributed by atoms with Gasteiger partial charge >= 0.3 is 110 Å². The van der Waals surface area contributed by atoms with Gasteiger partial charge in [-0.05, 0) is 242 Å². The summed E-state index contributed by atoms with van der Waals surface area (Å²) in [6, 6.07) is 155. The average Bonchev–Trinajstić information content (AvgIpc) is 1.60. The van der Waals surface area contributed by atoms with E-state index >= 15 is 0 Å². The van der Waals surface area contributed by atoms with E-state index in [9.17, 15) is 0 Å². The minimum Gasteiger partial charge on any atom is -1.00 e. The van der Waals surface area contributed by atoms with Crippen molar-refractivity contribution in [3.05, 3.63) is 494 Å². The van der Waals surface area contributed by atoms with Crippen molar-refractivity contribution in [2.75, 3.05) is 62.4 Å². The molecule has 3 aliphatic heterocycles. The number of fused-ring (bicyclic) bond motifs is 2. The topological polar surface area (TPSA) is 170 Å². The Kier molecular flexibility index (Phi) is 47.7. The van der Waals surface area contributed by atoms with E-state index in [4.69, 9.17) is 38.8 Å². The molecule has 4 aromatic heterocycles. The number of pyridine rings is 2. The summed E-state index contributed by atoms with van der Waals surface area (Å²) in [4.78, 5) is 25.8. The molecule has 147 heavy (non-hydrogen) atoms. The summed E-state index contributed by atoms with van der Waals surface area (Å²) >= 11 is 12.7. The smallest absolute Gasteiger partial charge is 1.00 e. The van der Waals surface area contributed by atoms with Crippen molar-refractivity contribution in [1.29, 1.82) is 0 Å². The molecular weight excluding hydrogens is 2280 g/mol. The largest absolute Gasteiger partial charge is 1.00 e. The predicted molar refractivity (Wildman–Crippen MR) is 615 cm³/mol. The van der Waals surface area contributed by atoms with E-state index in [1.807, 2.05) is 0 Å². The number of nitrogens with zero attached hydrogens (tertiary/aromatic N) is 8. The maximum absolute atomic E-state index is 8.64. The van der Waals surface area contributed by atoms with Gasteiger partial charge in [0.25, 0.3) is 6.47 Å². The molecule has 0 radical (unpaired) electrons. The molecule has 7 heterocycles. The van der Waals surface area contributed by atoms with E-state index < -0.39 is 31.7 Å². The maximum atomic E-state index is 8.64. The van der Waals surface area contributed by atoms with Crippen LogP contribution in [0.3, 0.4) is 0 Å². The van der Waals surface area contributed by atoms with Gasteiger partial charge < -0.3 is 40.2 Å². The Labute approximate surface area is 1000 Å². The van der Waals surface area contributed by atoms with Crippen molar-refractivity contribution in [3.63, 3.8) is 0 Å². The second kappa shape index (κ2) is 60.5. The molecular formula is C119H108BBr3K2N8O7P4PdS2. The normalized spacial score (nSPS) is 13.6. The Morgan fingerprint density at radius 3 is 0.844 bits per heavy atom. The first-order valence-electron chi connectivity index (χ1n) is 47.4. The zero-order valence-electron chi connectivity index (χ0n) is 83.4. The van der Waals surface area contributed by atoms with Crippen LogP contribution >= 0.6 is 102 Å². The molecule has 0 amide bonds. The number of ether oxygens (including phenoxy) is 2. The van der Waals surface area contributed by atoms with Gasteiger partial charge in [0, 0.05) is 63.3 Å². The number of carbonyl (C=O) groups excluding carboxylic acids is 1. The molecule has 0 N–H and O–H groups in total. The van der Waals surface area contributed by atoms with Crippen LogP contribution in [0.4, 0.5) is 11.6 Å². The first-order valence-corrected chi connectivity index (χ1v) is 56.8. The van der Waals surface area contributed by atoms with Gasteiger partial charge in [0.2, 0.25) is 0 Å². The van der Waals surface area contributed by atoms with Crippen molar-refractivity contribution < 1.29 is 158 Å². The molecule has 2 aliphatic carbocycles. The Hall–Kier alpha value is -7.99. The van der Waals surface area contributed by atoms with Crippen molar-refractivity contribution >= 4 is 208 Å². The summed E-state index contributed by atoms with van der Waals surface area (Å²) in [5, 5.41) is 41.8. The number of carbonyl (C=O) groups is 1. The molecule has 0 spiro atoms. The van der Waals surface area contributed by atoms with Crippen molar-refractivity contribution in [2.45, 2.75) is 51.7 Å². The number of hydrogen-bond acceptors (Lipinski definition) is 17. The second-order valence-corrected chi connectivity index (χ2v) is 48.9. The SMILES string of the molecule is Brc1nnc(-c2ccc3c(c2)C(c2cccc(N4CCOCC4)n2)=CC3)s1.Brc1nnc(Br)s1.CC1(C)OB(c2ccc3c(c2)C(c2cccc(N4CCOCC4)n2)=CC3)OC1(C)C.O=CO[O-].[H-].[K+].[K+].[Pd].c1ccc(P(c2ccccc2)c2ccccc2)cc1.c1ccc(P(c2ccccc2)c2ccccc2)cc1.c1ccc(P(c2ccccc2)c2ccccc2)cc1.c1ccc(P(c2ccccc2)c2ccccc2)cc1. The number of halogens is 3. The minimum absolute atomic E-state index is 0. The van der Waals surface area contributed by atoms with Gasteiger partial charge in [-0.2, -0.15) is 0 Å². The molecule has 0 saturated carbocycles. The standard InChI is InChI=1S/C24H29BN2O3.C20H17BrN4OS.4C18H15P.C2Br2N2S.CH2O3.2K.Pd.H/c1-23(2)24(3,4)30-25(29-23)18-10-8-17-9-11-19(20(17)16-18)21-6-5-7-22(26-21)27-12-14-28-15-13-27;21-20-24-23-19(27-20)14-5-4-13-6-7-15(16(13)12-14)17-2-1-3-18(22-17)25-8-10-26-11-9-25;4*1-4-10-16(11-5-1)19(17-12-6-2-7-13-17)18-14-8-3-9-15-18;3-1-5-6-2(4)7-1;2-1-4-3;;;;/h5-8,10-11,16H,9,12-15H2,1-4H3;1-5,7,12H,6,8-11H2;4*1-15H;;1,3H;;;;/q;;;;;;;;2*+1;;-1/p-1. The van der Waals surface area contributed by atoms with Gasteiger partial charge in [-0.15, -0.1) is 20.4 Å². The van der Waals surface area contributed by atoms with Crippen LogP contribution in [0.1, 0.15) is 62.8 Å². The van der Waals surface area contributed by atoms with Crippen LogP contribution in [0.2, 0.25) is 0 Å². The summed E-state index contributed by atoms with van der Waals surface area (Å²) < 4.78 is 25.9. The summed E-state index contributed by atoms with van der Waals surface area (Å²) in [5.74, 6) is 2.04. The average molecular weight is 2390 g/mol. The third-order valence-corrected chi connectivity index (χ3v) is 37.3. The monoisotopic (exact) mass is 2380 g/mol. The van der Waals surface area contributed by atoms with Gasteiger partial charge in [0.15, 0.2) is 11.8 Å². The van der Waals surface area contributed by atoms with Crippen molar-refractivity contribution in [3.8, 4) is 10.6 Å². The van der Waals surface area contributed by atoms with Gasteiger partial charge in [0.1, 0.15) is 16.6 Å². The maximum Gasteiger partial charge on any atom is 1.00 e. The molecule has 15 nitrogen and oxygen atoms in total. The van der Waals surface area contributed by atoms with E-state index in [-0.39, 0.29) is 149 Å². The summed E-state index contributed by atoms with van der Waals surface area (Å²) in [6.45, 7) is 14.8. The predicted octanol–water partition coefficient (Wildman–Crippen LogP) is 15.8. The number of allylic oxidation sites excluding steroid dienone is 2. The first-order chi connectivity index (χ1) is 70.6. The van der Waals surface area contributed by atoms with Crippen LogP contribution in [0, 0.1) is 0 Å². The number of anilines is 2. The van der Waals surface area contributed by atoms with E-state index in [1.54, 1.807) is 11.3 Å². The summed E-state index contributed by atoms with van der Waals surface area (Å²) in [6.07, 6.45) is 6.42. The minimum atomic E-state index is -0.446. The Bertz CT molecular complexity index is 6220. The van der Waals surface area contributed by atoms with E-state index in [1.165, 1.54) is 108 Å². The third kappa shape index (κ3) is 33.0. The fourth-order valence-corrected chi connectivity index (χ4v) is 29.1. The van der Waals surface area contributed by atoms with Gasteiger partial charge in [0.05, 0.1) is 49.0 Å². The van der Waals surface area contributed by atoms with E-state index in [0.717, 1.165) is 116 Å². The molecule has 3 saturated heterocycles. The quantitative estimate of drug-likeness (QED) is 0.0246. The number of benzene rings is 14. The summed E-state index contributed by atoms with van der Waals surface area (Å²) in [7, 11) is -2.14. The summed E-state index contributed by atoms with van der Waals surface area (Å²) in [5.41, 5.74) is 11.0. The first kappa shape index (κ1) is 116.